The maximum absolute atomic E-state index is 8.81. The monoisotopic (exact) mass is 181 g/mol. The lowest BCUT2D eigenvalue weighted by Crippen LogP contribution is -2.32. The lowest BCUT2D eigenvalue weighted by atomic mass is 9.77. The summed E-state index contributed by atoms with van der Waals surface area (Å²) < 4.78 is 0. The van der Waals surface area contributed by atoms with E-state index in [1.54, 1.807) is 12.1 Å². The second-order valence-electron chi connectivity index (χ2n) is 2.19. The third kappa shape index (κ3) is 1.59. The Hall–Kier alpha value is -1.02. The van der Waals surface area contributed by atoms with Gasteiger partial charge in [-0.3, -0.25) is 0 Å². The van der Waals surface area contributed by atoms with Crippen molar-refractivity contribution in [1.82, 2.24) is 0 Å². The first-order chi connectivity index (χ1) is 5.66. The number of hydrogen-bond acceptors (Lipinski definition) is 3. The Balaban J connectivity index is 3.30. The molecule has 0 unspecified atom stereocenters. The molecule has 0 spiro atoms. The Morgan fingerprint density at radius 1 is 1.42 bits per heavy atom. The van der Waals surface area contributed by atoms with E-state index in [-0.39, 0.29) is 16.0 Å². The standard InChI is InChI=1S/C7H5BClNO2/c9-7-3-1-2-6(8(11)12)5(7)4-10/h1-3,11-12H. The average Bonchev–Trinajstić information content (AvgIpc) is 2.03. The predicted molar refractivity (Wildman–Crippen MR) is 46.0 cm³/mol. The number of hydrogen-bond donors (Lipinski definition) is 2. The highest BCUT2D eigenvalue weighted by molar-refractivity contribution is 6.60. The van der Waals surface area contributed by atoms with Crippen molar-refractivity contribution in [2.24, 2.45) is 0 Å². The first kappa shape index (κ1) is 9.08. The molecule has 0 saturated heterocycles. The Labute approximate surface area is 75.0 Å². The molecule has 0 radical (unpaired) electrons. The highest BCUT2D eigenvalue weighted by Gasteiger charge is 2.17. The molecule has 0 fully saturated rings. The van der Waals surface area contributed by atoms with Gasteiger partial charge in [-0.15, -0.1) is 0 Å². The quantitative estimate of drug-likeness (QED) is 0.594. The number of nitrogens with zero attached hydrogens (tertiary/aromatic N) is 1. The van der Waals surface area contributed by atoms with E-state index in [1.807, 2.05) is 0 Å². The average molecular weight is 181 g/mol. The molecule has 0 aliphatic carbocycles. The summed E-state index contributed by atoms with van der Waals surface area (Å²) in [6, 6.07) is 6.31. The third-order valence-electron chi connectivity index (χ3n) is 1.44. The van der Waals surface area contributed by atoms with Gasteiger partial charge in [0.15, 0.2) is 0 Å². The molecule has 0 aromatic heterocycles. The van der Waals surface area contributed by atoms with Crippen molar-refractivity contribution in [2.45, 2.75) is 0 Å². The van der Waals surface area contributed by atoms with Crippen LogP contribution in [0.5, 0.6) is 0 Å². The fraction of sp³-hybridized carbons (Fsp3) is 0. The maximum Gasteiger partial charge on any atom is 0.489 e. The minimum absolute atomic E-state index is 0.106. The molecule has 0 atom stereocenters. The van der Waals surface area contributed by atoms with Crippen LogP contribution < -0.4 is 5.46 Å². The van der Waals surface area contributed by atoms with Crippen molar-refractivity contribution < 1.29 is 10.0 Å². The van der Waals surface area contributed by atoms with Gasteiger partial charge < -0.3 is 10.0 Å². The zero-order valence-corrected chi connectivity index (χ0v) is 6.78. The minimum Gasteiger partial charge on any atom is -0.423 e. The summed E-state index contributed by atoms with van der Waals surface area (Å²) in [5.41, 5.74) is 0.235. The largest absolute Gasteiger partial charge is 0.489 e. The predicted octanol–water partition coefficient (Wildman–Crippen LogP) is -0.109. The molecule has 1 rings (SSSR count). The molecule has 0 bridgehead atoms. The molecule has 0 aliphatic heterocycles. The van der Waals surface area contributed by atoms with Gasteiger partial charge in [0.05, 0.1) is 10.6 Å². The second kappa shape index (κ2) is 3.59. The van der Waals surface area contributed by atoms with E-state index in [1.165, 1.54) is 12.1 Å². The van der Waals surface area contributed by atoms with Crippen LogP contribution in [0.2, 0.25) is 5.02 Å². The Kier molecular flexibility index (Phi) is 2.72. The van der Waals surface area contributed by atoms with Crippen molar-refractivity contribution in [2.75, 3.05) is 0 Å². The number of benzene rings is 1. The smallest absolute Gasteiger partial charge is 0.423 e. The van der Waals surface area contributed by atoms with Crippen LogP contribution in [0.15, 0.2) is 18.2 Å². The minimum atomic E-state index is -1.65. The molecule has 0 amide bonds. The number of nitriles is 1. The third-order valence-corrected chi connectivity index (χ3v) is 1.75. The number of halogens is 1. The van der Waals surface area contributed by atoms with Crippen LogP contribution in [0.25, 0.3) is 0 Å². The van der Waals surface area contributed by atoms with Crippen LogP contribution in [0.3, 0.4) is 0 Å². The van der Waals surface area contributed by atoms with Crippen LogP contribution in [-0.4, -0.2) is 17.2 Å². The van der Waals surface area contributed by atoms with Gasteiger partial charge in [-0.25, -0.2) is 0 Å². The van der Waals surface area contributed by atoms with E-state index >= 15 is 0 Å². The Morgan fingerprint density at radius 2 is 2.08 bits per heavy atom. The van der Waals surface area contributed by atoms with Crippen LogP contribution >= 0.6 is 11.6 Å². The summed E-state index contributed by atoms with van der Waals surface area (Å²) in [7, 11) is -1.65. The molecular formula is C7H5BClNO2. The van der Waals surface area contributed by atoms with E-state index in [2.05, 4.69) is 0 Å². The fourth-order valence-electron chi connectivity index (χ4n) is 0.874. The van der Waals surface area contributed by atoms with Gasteiger partial charge in [0.25, 0.3) is 0 Å². The lowest BCUT2D eigenvalue weighted by Gasteiger charge is -2.02. The first-order valence-electron chi connectivity index (χ1n) is 3.21. The summed E-state index contributed by atoms with van der Waals surface area (Å²) in [6.07, 6.45) is 0. The van der Waals surface area contributed by atoms with Crippen molar-refractivity contribution in [3.8, 4) is 6.07 Å². The van der Waals surface area contributed by atoms with Crippen molar-refractivity contribution in [3.63, 3.8) is 0 Å². The molecule has 1 aromatic carbocycles. The van der Waals surface area contributed by atoms with E-state index in [0.717, 1.165) is 0 Å². The zero-order valence-electron chi connectivity index (χ0n) is 6.03. The first-order valence-corrected chi connectivity index (χ1v) is 3.59. The summed E-state index contributed by atoms with van der Waals surface area (Å²) >= 11 is 5.63. The van der Waals surface area contributed by atoms with E-state index in [9.17, 15) is 0 Å². The van der Waals surface area contributed by atoms with Gasteiger partial charge in [-0.1, -0.05) is 23.7 Å². The maximum atomic E-state index is 8.81. The molecule has 0 heterocycles. The fourth-order valence-corrected chi connectivity index (χ4v) is 1.10. The molecule has 2 N–H and O–H groups in total. The van der Waals surface area contributed by atoms with E-state index < -0.39 is 7.12 Å². The van der Waals surface area contributed by atoms with Gasteiger partial charge in [0.1, 0.15) is 6.07 Å². The Bertz CT molecular complexity index is 335. The molecule has 1 aromatic rings. The summed E-state index contributed by atoms with van der Waals surface area (Å²) in [5.74, 6) is 0. The van der Waals surface area contributed by atoms with Crippen LogP contribution in [0.1, 0.15) is 5.56 Å². The lowest BCUT2D eigenvalue weighted by molar-refractivity contribution is 0.425. The molecule has 0 aliphatic rings. The molecular weight excluding hydrogens is 176 g/mol. The summed E-state index contributed by atoms with van der Waals surface area (Å²) in [4.78, 5) is 0. The second-order valence-corrected chi connectivity index (χ2v) is 2.60. The van der Waals surface area contributed by atoms with Gasteiger partial charge in [0.2, 0.25) is 0 Å². The van der Waals surface area contributed by atoms with Gasteiger partial charge in [-0.05, 0) is 6.07 Å². The zero-order chi connectivity index (χ0) is 9.14. The highest BCUT2D eigenvalue weighted by atomic mass is 35.5. The van der Waals surface area contributed by atoms with Crippen LogP contribution in [0, 0.1) is 11.3 Å². The van der Waals surface area contributed by atoms with Crippen LogP contribution in [0.4, 0.5) is 0 Å². The van der Waals surface area contributed by atoms with E-state index in [4.69, 9.17) is 26.9 Å². The SMILES string of the molecule is N#Cc1c(Cl)cccc1B(O)O. The highest BCUT2D eigenvalue weighted by Crippen LogP contribution is 2.11. The molecule has 3 nitrogen and oxygen atoms in total. The normalized spacial score (nSPS) is 9.17. The van der Waals surface area contributed by atoms with Crippen LogP contribution in [-0.2, 0) is 0 Å². The topological polar surface area (TPSA) is 64.2 Å². The van der Waals surface area contributed by atoms with Gasteiger partial charge in [-0.2, -0.15) is 5.26 Å². The number of rotatable bonds is 1. The van der Waals surface area contributed by atoms with Gasteiger partial charge in [0, 0.05) is 5.46 Å². The van der Waals surface area contributed by atoms with Gasteiger partial charge >= 0.3 is 7.12 Å². The summed E-state index contributed by atoms with van der Waals surface area (Å²) in [6.45, 7) is 0. The molecule has 12 heavy (non-hydrogen) atoms. The van der Waals surface area contributed by atoms with Crippen molar-refractivity contribution >= 4 is 24.2 Å². The van der Waals surface area contributed by atoms with Crippen molar-refractivity contribution in [1.29, 1.82) is 5.26 Å². The van der Waals surface area contributed by atoms with Crippen molar-refractivity contribution in [3.05, 3.63) is 28.8 Å². The molecule has 60 valence electrons. The summed E-state index contributed by atoms with van der Waals surface area (Å²) in [5, 5.41) is 26.4. The molecule has 5 heteroatoms. The molecule has 0 saturated carbocycles. The Morgan fingerprint density at radius 3 is 2.50 bits per heavy atom. The van der Waals surface area contributed by atoms with E-state index in [0.29, 0.717) is 0 Å².